The summed E-state index contributed by atoms with van der Waals surface area (Å²) in [6, 6.07) is 14.7. The van der Waals surface area contributed by atoms with Crippen molar-refractivity contribution in [2.24, 2.45) is 10.2 Å². The number of aromatic hydroxyl groups is 2. The number of carbonyl (C=O) groups is 1. The maximum absolute atomic E-state index is 12.0. The first kappa shape index (κ1) is 14.7. The third-order valence-corrected chi connectivity index (χ3v) is 3.55. The summed E-state index contributed by atoms with van der Waals surface area (Å²) in [4.78, 5) is 12.0. The number of rotatable bonds is 2. The van der Waals surface area contributed by atoms with Gasteiger partial charge in [-0.25, -0.2) is 0 Å². The Morgan fingerprint density at radius 1 is 0.957 bits per heavy atom. The van der Waals surface area contributed by atoms with E-state index in [2.05, 4.69) is 10.2 Å². The fourth-order valence-corrected chi connectivity index (χ4v) is 2.32. The molecule has 0 atom stereocenters. The standard InChI is InChI=1S/C18H14N2O3/c1-11-10-16(14-4-2-3-5-15(14)17(11)22)19-20-18(23)12-6-8-13(21)9-7-12/h2-10,21-22H,1H3. The van der Waals surface area contributed by atoms with Gasteiger partial charge < -0.3 is 10.2 Å². The first-order chi connectivity index (χ1) is 11.1. The number of carbonyl (C=O) groups excluding carboxylic acids is 1. The lowest BCUT2D eigenvalue weighted by Crippen LogP contribution is -1.92. The van der Waals surface area contributed by atoms with Crippen molar-refractivity contribution >= 4 is 22.4 Å². The molecule has 0 bridgehead atoms. The van der Waals surface area contributed by atoms with Crippen molar-refractivity contribution in [3.05, 3.63) is 65.7 Å². The van der Waals surface area contributed by atoms with Crippen LogP contribution in [0.25, 0.3) is 10.8 Å². The molecule has 5 heteroatoms. The van der Waals surface area contributed by atoms with Crippen LogP contribution in [0.5, 0.6) is 11.5 Å². The number of phenols is 2. The Balaban J connectivity index is 1.99. The molecular weight excluding hydrogens is 292 g/mol. The molecule has 0 saturated carbocycles. The summed E-state index contributed by atoms with van der Waals surface area (Å²) in [6.45, 7) is 1.77. The molecule has 0 saturated heterocycles. The number of benzene rings is 3. The Hall–Kier alpha value is -3.21. The van der Waals surface area contributed by atoms with Gasteiger partial charge in [-0.15, -0.1) is 10.2 Å². The SMILES string of the molecule is Cc1cc(N=NC(=O)c2ccc(O)cc2)c2ccccc2c1O. The Kier molecular flexibility index (Phi) is 3.76. The number of nitrogens with zero attached hydrogens (tertiary/aromatic N) is 2. The smallest absolute Gasteiger partial charge is 0.295 e. The van der Waals surface area contributed by atoms with Crippen LogP contribution in [-0.2, 0) is 0 Å². The normalized spacial score (nSPS) is 11.2. The Bertz CT molecular complexity index is 915. The van der Waals surface area contributed by atoms with Crippen LogP contribution in [0.15, 0.2) is 64.8 Å². The van der Waals surface area contributed by atoms with Gasteiger partial charge in [0.25, 0.3) is 5.91 Å². The first-order valence-electron chi connectivity index (χ1n) is 7.02. The van der Waals surface area contributed by atoms with E-state index in [1.165, 1.54) is 24.3 Å². The summed E-state index contributed by atoms with van der Waals surface area (Å²) in [5, 5.41) is 28.5. The van der Waals surface area contributed by atoms with Gasteiger partial charge >= 0.3 is 0 Å². The second kappa shape index (κ2) is 5.88. The molecule has 5 nitrogen and oxygen atoms in total. The Labute approximate surface area is 132 Å². The van der Waals surface area contributed by atoms with Gasteiger partial charge in [-0.05, 0) is 42.8 Å². The van der Waals surface area contributed by atoms with Crippen LogP contribution in [0.4, 0.5) is 5.69 Å². The van der Waals surface area contributed by atoms with Crippen molar-refractivity contribution in [1.82, 2.24) is 0 Å². The van der Waals surface area contributed by atoms with E-state index in [0.29, 0.717) is 22.2 Å². The van der Waals surface area contributed by atoms with Gasteiger partial charge in [0.05, 0.1) is 5.69 Å². The van der Waals surface area contributed by atoms with Crippen molar-refractivity contribution in [1.29, 1.82) is 0 Å². The molecule has 0 unspecified atom stereocenters. The van der Waals surface area contributed by atoms with Crippen LogP contribution < -0.4 is 0 Å². The van der Waals surface area contributed by atoms with Crippen molar-refractivity contribution in [3.8, 4) is 11.5 Å². The average molecular weight is 306 g/mol. The van der Waals surface area contributed by atoms with Crippen LogP contribution in [-0.4, -0.2) is 16.1 Å². The summed E-state index contributed by atoms with van der Waals surface area (Å²) in [5.74, 6) is -0.220. The number of fused-ring (bicyclic) bond motifs is 1. The van der Waals surface area contributed by atoms with E-state index < -0.39 is 5.91 Å². The largest absolute Gasteiger partial charge is 0.508 e. The summed E-state index contributed by atoms with van der Waals surface area (Å²) in [7, 11) is 0. The lowest BCUT2D eigenvalue weighted by Gasteiger charge is -2.06. The highest BCUT2D eigenvalue weighted by Gasteiger charge is 2.09. The molecule has 3 aromatic rings. The molecule has 23 heavy (non-hydrogen) atoms. The minimum absolute atomic E-state index is 0.0821. The number of aryl methyl sites for hydroxylation is 1. The fraction of sp³-hybridized carbons (Fsp3) is 0.0556. The third-order valence-electron chi connectivity index (χ3n) is 3.55. The van der Waals surface area contributed by atoms with E-state index >= 15 is 0 Å². The van der Waals surface area contributed by atoms with E-state index in [9.17, 15) is 15.0 Å². The molecular formula is C18H14N2O3. The number of azo groups is 1. The summed E-state index contributed by atoms with van der Waals surface area (Å²) >= 11 is 0. The van der Waals surface area contributed by atoms with Crippen molar-refractivity contribution in [2.45, 2.75) is 6.92 Å². The highest BCUT2D eigenvalue weighted by atomic mass is 16.3. The van der Waals surface area contributed by atoms with Gasteiger partial charge in [0.1, 0.15) is 11.5 Å². The lowest BCUT2D eigenvalue weighted by molar-refractivity contribution is 0.0995. The molecule has 0 aromatic heterocycles. The van der Waals surface area contributed by atoms with Crippen LogP contribution in [0, 0.1) is 6.92 Å². The van der Waals surface area contributed by atoms with Crippen LogP contribution in [0.1, 0.15) is 15.9 Å². The quantitative estimate of drug-likeness (QED) is 0.685. The van der Waals surface area contributed by atoms with Gasteiger partial charge in [-0.1, -0.05) is 24.3 Å². The van der Waals surface area contributed by atoms with Crippen LogP contribution in [0.2, 0.25) is 0 Å². The number of hydrogen-bond donors (Lipinski definition) is 2. The molecule has 0 fully saturated rings. The van der Waals surface area contributed by atoms with E-state index in [-0.39, 0.29) is 11.5 Å². The molecule has 0 heterocycles. The summed E-state index contributed by atoms with van der Waals surface area (Å²) < 4.78 is 0. The monoisotopic (exact) mass is 306 g/mol. The van der Waals surface area contributed by atoms with Gasteiger partial charge in [-0.2, -0.15) is 0 Å². The van der Waals surface area contributed by atoms with Crippen LogP contribution >= 0.6 is 0 Å². The average Bonchev–Trinajstić information content (AvgIpc) is 2.57. The van der Waals surface area contributed by atoms with E-state index in [0.717, 1.165) is 5.39 Å². The molecule has 114 valence electrons. The minimum atomic E-state index is -0.500. The minimum Gasteiger partial charge on any atom is -0.508 e. The van der Waals surface area contributed by atoms with Crippen molar-refractivity contribution in [2.75, 3.05) is 0 Å². The maximum Gasteiger partial charge on any atom is 0.295 e. The second-order valence-corrected chi connectivity index (χ2v) is 5.16. The fourth-order valence-electron chi connectivity index (χ4n) is 2.32. The van der Waals surface area contributed by atoms with E-state index in [4.69, 9.17) is 0 Å². The van der Waals surface area contributed by atoms with Gasteiger partial charge in [0.2, 0.25) is 0 Å². The third kappa shape index (κ3) is 2.89. The Morgan fingerprint density at radius 2 is 1.61 bits per heavy atom. The molecule has 1 amide bonds. The van der Waals surface area contributed by atoms with E-state index in [1.54, 1.807) is 19.1 Å². The predicted octanol–water partition coefficient (Wildman–Crippen LogP) is 4.48. The zero-order chi connectivity index (χ0) is 16.4. The van der Waals surface area contributed by atoms with Crippen molar-refractivity contribution < 1.29 is 15.0 Å². The second-order valence-electron chi connectivity index (χ2n) is 5.16. The first-order valence-corrected chi connectivity index (χ1v) is 7.02. The Morgan fingerprint density at radius 3 is 2.30 bits per heavy atom. The summed E-state index contributed by atoms with van der Waals surface area (Å²) in [6.07, 6.45) is 0. The molecule has 3 rings (SSSR count). The van der Waals surface area contributed by atoms with E-state index in [1.807, 2.05) is 18.2 Å². The van der Waals surface area contributed by atoms with Gasteiger partial charge in [0.15, 0.2) is 0 Å². The zero-order valence-corrected chi connectivity index (χ0v) is 12.4. The maximum atomic E-state index is 12.0. The zero-order valence-electron chi connectivity index (χ0n) is 12.4. The molecule has 0 aliphatic rings. The van der Waals surface area contributed by atoms with Crippen LogP contribution in [0.3, 0.4) is 0 Å². The number of phenolic OH excluding ortho intramolecular Hbond substituents is 2. The highest BCUT2D eigenvalue weighted by molar-refractivity contribution is 5.98. The lowest BCUT2D eigenvalue weighted by atomic mass is 10.0. The molecule has 2 N–H and O–H groups in total. The number of hydrogen-bond acceptors (Lipinski definition) is 4. The summed E-state index contributed by atoms with van der Waals surface area (Å²) in [5.41, 5.74) is 1.52. The molecule has 0 radical (unpaired) electrons. The predicted molar refractivity (Wildman–Crippen MR) is 87.3 cm³/mol. The highest BCUT2D eigenvalue weighted by Crippen LogP contribution is 2.35. The molecule has 0 spiro atoms. The molecule has 0 aliphatic carbocycles. The molecule has 0 aliphatic heterocycles. The molecule has 3 aromatic carbocycles. The van der Waals surface area contributed by atoms with Gasteiger partial charge in [-0.3, -0.25) is 4.79 Å². The van der Waals surface area contributed by atoms with Crippen molar-refractivity contribution in [3.63, 3.8) is 0 Å². The topological polar surface area (TPSA) is 82.2 Å². The van der Waals surface area contributed by atoms with Gasteiger partial charge in [0, 0.05) is 16.3 Å². The number of amides is 1.